The topological polar surface area (TPSA) is 35.5 Å². The smallest absolute Gasteiger partial charge is 0.400 e. The van der Waals surface area contributed by atoms with Crippen LogP contribution in [0.5, 0.6) is 0 Å². The minimum atomic E-state index is -3.27. The van der Waals surface area contributed by atoms with Crippen molar-refractivity contribution in [2.45, 2.75) is 44.6 Å². The summed E-state index contributed by atoms with van der Waals surface area (Å²) < 4.78 is 28.0. The van der Waals surface area contributed by atoms with Crippen molar-refractivity contribution < 1.29 is 13.9 Å². The molecule has 170 valence electrons. The van der Waals surface area contributed by atoms with E-state index >= 15 is 4.57 Å². The van der Waals surface area contributed by atoms with Crippen molar-refractivity contribution in [3.63, 3.8) is 0 Å². The van der Waals surface area contributed by atoms with E-state index in [1.165, 1.54) is 0 Å². The van der Waals surface area contributed by atoms with Crippen LogP contribution in [0.1, 0.15) is 38.9 Å². The zero-order chi connectivity index (χ0) is 23.9. The first-order chi connectivity index (χ1) is 15.6. The summed E-state index contributed by atoms with van der Waals surface area (Å²) in [6.07, 6.45) is 0. The molecule has 0 radical (unpaired) electrons. The third-order valence-corrected chi connectivity index (χ3v) is 10.5. The van der Waals surface area contributed by atoms with Crippen molar-refractivity contribution in [1.29, 1.82) is 0 Å². The van der Waals surface area contributed by atoms with Gasteiger partial charge in [-0.2, -0.15) is 0 Å². The van der Waals surface area contributed by atoms with Gasteiger partial charge in [-0.25, -0.2) is 0 Å². The van der Waals surface area contributed by atoms with Gasteiger partial charge in [-0.15, -0.1) is 6.58 Å². The van der Waals surface area contributed by atoms with Crippen LogP contribution in [0.15, 0.2) is 97.0 Å². The minimum Gasteiger partial charge on any atom is -0.400 e. The molecule has 1 aliphatic rings. The molecule has 0 aliphatic carbocycles. The number of rotatable bonds is 6. The quantitative estimate of drug-likeness (QED) is 0.296. The molecule has 0 saturated carbocycles. The van der Waals surface area contributed by atoms with Crippen LogP contribution < -0.4 is 10.6 Å². The Morgan fingerprint density at radius 1 is 0.818 bits per heavy atom. The van der Waals surface area contributed by atoms with E-state index in [1.54, 1.807) is 0 Å². The van der Waals surface area contributed by atoms with Gasteiger partial charge in [0.2, 0.25) is 0 Å². The van der Waals surface area contributed by atoms with Gasteiger partial charge in [-0.3, -0.25) is 0 Å². The van der Waals surface area contributed by atoms with Crippen molar-refractivity contribution in [3.8, 4) is 0 Å². The highest BCUT2D eigenvalue weighted by Crippen LogP contribution is 2.61. The van der Waals surface area contributed by atoms with Gasteiger partial charge in [-0.1, -0.05) is 84.4 Å². The summed E-state index contributed by atoms with van der Waals surface area (Å²) in [5.74, 6) is 0. The Morgan fingerprint density at radius 3 is 1.67 bits per heavy atom. The fraction of sp³-hybridized carbons (Fsp3) is 0.259. The van der Waals surface area contributed by atoms with E-state index in [4.69, 9.17) is 20.9 Å². The van der Waals surface area contributed by atoms with Gasteiger partial charge in [0.25, 0.3) is 0 Å². The first-order valence-electron chi connectivity index (χ1n) is 11.1. The molecule has 1 unspecified atom stereocenters. The normalized spacial score (nSPS) is 18.2. The van der Waals surface area contributed by atoms with Crippen LogP contribution in [0.3, 0.4) is 0 Å². The Balaban J connectivity index is 1.92. The highest BCUT2D eigenvalue weighted by atomic mass is 35.5. The lowest BCUT2D eigenvalue weighted by Crippen LogP contribution is -2.41. The van der Waals surface area contributed by atoms with Crippen LogP contribution in [-0.4, -0.2) is 18.3 Å². The number of hydrogen-bond donors (Lipinski definition) is 0. The molecule has 0 N–H and O–H groups in total. The SMILES string of the molecule is C=C(B1OC(C)(C)C(C)(C)O1)C(c1ccc(Cl)cc1)P(=O)(c1ccccc1)c1ccccc1. The Morgan fingerprint density at radius 2 is 1.24 bits per heavy atom. The van der Waals surface area contributed by atoms with Crippen LogP contribution in [0, 0.1) is 0 Å². The summed E-state index contributed by atoms with van der Waals surface area (Å²) in [5, 5.41) is 2.13. The second-order valence-electron chi connectivity index (χ2n) is 9.45. The summed E-state index contributed by atoms with van der Waals surface area (Å²) >= 11 is 6.21. The number of allylic oxidation sites excluding steroid dienone is 1. The predicted molar refractivity (Wildman–Crippen MR) is 139 cm³/mol. The summed E-state index contributed by atoms with van der Waals surface area (Å²) in [5.41, 5.74) is -0.139. The van der Waals surface area contributed by atoms with Crippen LogP contribution >= 0.6 is 18.7 Å². The van der Waals surface area contributed by atoms with Crippen molar-refractivity contribution in [2.75, 3.05) is 0 Å². The van der Waals surface area contributed by atoms with Crippen LogP contribution in [-0.2, 0) is 13.9 Å². The molecule has 1 fully saturated rings. The fourth-order valence-electron chi connectivity index (χ4n) is 4.17. The molecule has 1 atom stereocenters. The molecule has 4 rings (SSSR count). The third-order valence-electron chi connectivity index (χ3n) is 6.74. The maximum atomic E-state index is 15.3. The maximum absolute atomic E-state index is 15.3. The van der Waals surface area contributed by atoms with Gasteiger partial charge in [0, 0.05) is 15.6 Å². The predicted octanol–water partition coefficient (Wildman–Crippen LogP) is 6.58. The van der Waals surface area contributed by atoms with Gasteiger partial charge in [0.1, 0.15) is 0 Å². The monoisotopic (exact) mass is 478 g/mol. The molecule has 0 aromatic heterocycles. The maximum Gasteiger partial charge on any atom is 0.491 e. The van der Waals surface area contributed by atoms with Gasteiger partial charge >= 0.3 is 7.12 Å². The molecule has 3 aromatic carbocycles. The highest BCUT2D eigenvalue weighted by Gasteiger charge is 2.55. The summed E-state index contributed by atoms with van der Waals surface area (Å²) in [6.45, 7) is 12.5. The lowest BCUT2D eigenvalue weighted by atomic mass is 9.75. The standard InChI is InChI=1S/C27H29BClO3P/c1-20(28-31-26(2,3)27(4,5)32-28)25(21-16-18-22(29)19-17-21)33(30,23-12-8-6-9-13-23)24-14-10-7-11-15-24/h6-19,25H,1H2,2-5H3. The molecule has 33 heavy (non-hydrogen) atoms. The second kappa shape index (κ2) is 8.93. The van der Waals surface area contributed by atoms with E-state index < -0.39 is 31.1 Å². The Labute approximate surface area is 202 Å². The largest absolute Gasteiger partial charge is 0.491 e. The van der Waals surface area contributed by atoms with Crippen molar-refractivity contribution in [1.82, 2.24) is 0 Å². The lowest BCUT2D eigenvalue weighted by molar-refractivity contribution is 0.00578. The first-order valence-corrected chi connectivity index (χ1v) is 13.2. The Hall–Kier alpha value is -2.10. The zero-order valence-corrected chi connectivity index (χ0v) is 21.1. The number of halogens is 1. The number of benzene rings is 3. The summed E-state index contributed by atoms with van der Waals surface area (Å²) in [4.78, 5) is 0. The molecule has 6 heteroatoms. The zero-order valence-electron chi connectivity index (χ0n) is 19.5. The first kappa shape index (κ1) is 24.0. The molecule has 1 heterocycles. The molecule has 0 spiro atoms. The van der Waals surface area contributed by atoms with Gasteiger partial charge < -0.3 is 13.9 Å². The summed E-state index contributed by atoms with van der Waals surface area (Å²) in [7, 11) is -3.96. The molecule has 3 aromatic rings. The van der Waals surface area contributed by atoms with Crippen molar-refractivity contribution >= 4 is 36.5 Å². The van der Waals surface area contributed by atoms with E-state index in [-0.39, 0.29) is 0 Å². The average molecular weight is 479 g/mol. The third kappa shape index (κ3) is 4.38. The van der Waals surface area contributed by atoms with Crippen LogP contribution in [0.4, 0.5) is 0 Å². The average Bonchev–Trinajstić information content (AvgIpc) is 3.03. The minimum absolute atomic E-state index is 0.533. The fourth-order valence-corrected chi connectivity index (χ4v) is 7.60. The van der Waals surface area contributed by atoms with E-state index in [2.05, 4.69) is 6.58 Å². The highest BCUT2D eigenvalue weighted by molar-refractivity contribution is 7.79. The molecule has 3 nitrogen and oxygen atoms in total. The van der Waals surface area contributed by atoms with Gasteiger partial charge in [-0.05, 0) is 50.9 Å². The molecule has 0 amide bonds. The van der Waals surface area contributed by atoms with Crippen LogP contribution in [0.25, 0.3) is 0 Å². The molecular weight excluding hydrogens is 450 g/mol. The summed E-state index contributed by atoms with van der Waals surface area (Å²) in [6, 6.07) is 26.7. The molecule has 1 aliphatic heterocycles. The Kier molecular flexibility index (Phi) is 6.50. The number of hydrogen-bond acceptors (Lipinski definition) is 3. The van der Waals surface area contributed by atoms with E-state index in [1.807, 2.05) is 113 Å². The Bertz CT molecular complexity index is 1120. The lowest BCUT2D eigenvalue weighted by Gasteiger charge is -2.32. The van der Waals surface area contributed by atoms with Crippen molar-refractivity contribution in [2.24, 2.45) is 0 Å². The van der Waals surface area contributed by atoms with E-state index in [0.717, 1.165) is 16.2 Å². The van der Waals surface area contributed by atoms with E-state index in [9.17, 15) is 0 Å². The van der Waals surface area contributed by atoms with E-state index in [0.29, 0.717) is 10.5 Å². The van der Waals surface area contributed by atoms with Crippen LogP contribution in [0.2, 0.25) is 5.02 Å². The van der Waals surface area contributed by atoms with Gasteiger partial charge in [0.15, 0.2) is 7.14 Å². The molecule has 1 saturated heterocycles. The second-order valence-corrected chi connectivity index (χ2v) is 12.7. The van der Waals surface area contributed by atoms with Gasteiger partial charge in [0.05, 0.1) is 16.9 Å². The molecular formula is C27H29BClO3P. The molecule has 0 bridgehead atoms. The van der Waals surface area contributed by atoms with Crippen molar-refractivity contribution in [3.05, 3.63) is 108 Å².